The Morgan fingerprint density at radius 1 is 1.30 bits per heavy atom. The molecule has 0 aliphatic carbocycles. The molecule has 2 rings (SSSR count). The van der Waals surface area contributed by atoms with E-state index in [-0.39, 0.29) is 17.4 Å². The van der Waals surface area contributed by atoms with E-state index in [4.69, 9.17) is 0 Å². The van der Waals surface area contributed by atoms with Crippen LogP contribution >= 0.6 is 11.8 Å². The number of aromatic nitrogens is 2. The van der Waals surface area contributed by atoms with Crippen molar-refractivity contribution >= 4 is 23.9 Å². The summed E-state index contributed by atoms with van der Waals surface area (Å²) >= 11 is 1.22. The first-order chi connectivity index (χ1) is 9.75. The van der Waals surface area contributed by atoms with Crippen molar-refractivity contribution in [2.24, 2.45) is 5.10 Å². The number of amides is 1. The Kier molecular flexibility index (Phi) is 5.08. The summed E-state index contributed by atoms with van der Waals surface area (Å²) in [4.78, 5) is 19.5. The quantitative estimate of drug-likeness (QED) is 0.376. The van der Waals surface area contributed by atoms with Crippen LogP contribution in [-0.4, -0.2) is 32.9 Å². The molecule has 2 aromatic rings. The number of carbonyl (C=O) groups excluding carboxylic acids is 1. The molecule has 2 N–H and O–H groups in total. The molecular weight excluding hydrogens is 276 g/mol. The topological polar surface area (TPSA) is 87.5 Å². The average molecular weight is 288 g/mol. The summed E-state index contributed by atoms with van der Waals surface area (Å²) in [5.41, 5.74) is 2.91. The van der Waals surface area contributed by atoms with Crippen molar-refractivity contribution in [1.29, 1.82) is 0 Å². The zero-order valence-corrected chi connectivity index (χ0v) is 11.2. The molecule has 0 atom stereocenters. The van der Waals surface area contributed by atoms with E-state index in [1.54, 1.807) is 42.7 Å². The number of phenols is 1. The largest absolute Gasteiger partial charge is 0.507 e. The van der Waals surface area contributed by atoms with Crippen LogP contribution in [0.15, 0.2) is 53.0 Å². The smallest absolute Gasteiger partial charge is 0.250 e. The van der Waals surface area contributed by atoms with Gasteiger partial charge in [0.15, 0.2) is 5.16 Å². The Hall–Kier alpha value is -2.41. The Morgan fingerprint density at radius 2 is 2.05 bits per heavy atom. The van der Waals surface area contributed by atoms with Gasteiger partial charge in [0.05, 0.1) is 12.0 Å². The zero-order valence-electron chi connectivity index (χ0n) is 10.4. The van der Waals surface area contributed by atoms with Gasteiger partial charge in [0, 0.05) is 18.0 Å². The molecule has 0 radical (unpaired) electrons. The van der Waals surface area contributed by atoms with Crippen LogP contribution in [0, 0.1) is 0 Å². The van der Waals surface area contributed by atoms with Gasteiger partial charge in [-0.15, -0.1) is 0 Å². The van der Waals surface area contributed by atoms with Crippen molar-refractivity contribution in [2.45, 2.75) is 5.16 Å². The molecule has 1 aromatic heterocycles. The van der Waals surface area contributed by atoms with Gasteiger partial charge in [-0.05, 0) is 18.2 Å². The minimum Gasteiger partial charge on any atom is -0.507 e. The fourth-order valence-corrected chi connectivity index (χ4v) is 1.89. The number of carbonyl (C=O) groups is 1. The lowest BCUT2D eigenvalue weighted by Crippen LogP contribution is -2.19. The van der Waals surface area contributed by atoms with E-state index in [1.807, 2.05) is 0 Å². The van der Waals surface area contributed by atoms with Crippen LogP contribution in [-0.2, 0) is 4.79 Å². The molecule has 0 aliphatic heterocycles. The fourth-order valence-electron chi connectivity index (χ4n) is 1.29. The second kappa shape index (κ2) is 7.25. The number of para-hydroxylation sites is 1. The monoisotopic (exact) mass is 288 g/mol. The molecule has 1 amide bonds. The van der Waals surface area contributed by atoms with Crippen molar-refractivity contribution in [3.05, 3.63) is 48.3 Å². The number of hydrogen-bond donors (Lipinski definition) is 2. The minimum absolute atomic E-state index is 0.109. The molecular formula is C13H12N4O2S. The maximum absolute atomic E-state index is 11.5. The van der Waals surface area contributed by atoms with Gasteiger partial charge in [-0.1, -0.05) is 23.9 Å². The number of thioether (sulfide) groups is 1. The Bertz CT molecular complexity index is 604. The molecule has 0 fully saturated rings. The lowest BCUT2D eigenvalue weighted by atomic mass is 10.2. The SMILES string of the molecule is O=C(CSc1ncccn1)N/N=C\c1ccccc1O. The van der Waals surface area contributed by atoms with Crippen molar-refractivity contribution < 1.29 is 9.90 Å². The number of rotatable bonds is 5. The van der Waals surface area contributed by atoms with E-state index in [1.165, 1.54) is 18.0 Å². The molecule has 6 nitrogen and oxygen atoms in total. The Balaban J connectivity index is 1.79. The van der Waals surface area contributed by atoms with Gasteiger partial charge in [0.25, 0.3) is 5.91 Å². The number of nitrogens with zero attached hydrogens (tertiary/aromatic N) is 3. The molecule has 102 valence electrons. The fraction of sp³-hybridized carbons (Fsp3) is 0.0769. The van der Waals surface area contributed by atoms with Crippen LogP contribution in [0.2, 0.25) is 0 Å². The maximum atomic E-state index is 11.5. The highest BCUT2D eigenvalue weighted by Gasteiger charge is 2.03. The summed E-state index contributed by atoms with van der Waals surface area (Å²) in [5.74, 6) is 0.00830. The number of phenolic OH excluding ortho intramolecular Hbond substituents is 1. The Labute approximate surface area is 120 Å². The highest BCUT2D eigenvalue weighted by molar-refractivity contribution is 7.99. The predicted octanol–water partition coefficient (Wildman–Crippen LogP) is 1.42. The van der Waals surface area contributed by atoms with E-state index >= 15 is 0 Å². The normalized spacial score (nSPS) is 10.6. The molecule has 0 unspecified atom stereocenters. The van der Waals surface area contributed by atoms with Crippen LogP contribution < -0.4 is 5.43 Å². The number of nitrogens with one attached hydrogen (secondary N) is 1. The second-order valence-electron chi connectivity index (χ2n) is 3.67. The lowest BCUT2D eigenvalue weighted by Gasteiger charge is -1.99. The van der Waals surface area contributed by atoms with Crippen LogP contribution in [0.5, 0.6) is 5.75 Å². The van der Waals surface area contributed by atoms with Crippen LogP contribution in [0.1, 0.15) is 5.56 Å². The predicted molar refractivity (Wildman–Crippen MR) is 76.6 cm³/mol. The molecule has 1 aromatic carbocycles. The standard InChI is InChI=1S/C13H12N4O2S/c18-11-5-2-1-4-10(11)8-16-17-12(19)9-20-13-14-6-3-7-15-13/h1-8,18H,9H2,(H,17,19)/b16-8-. The van der Waals surface area contributed by atoms with Crippen molar-refractivity contribution in [3.8, 4) is 5.75 Å². The van der Waals surface area contributed by atoms with E-state index in [0.29, 0.717) is 10.7 Å². The second-order valence-corrected chi connectivity index (χ2v) is 4.61. The van der Waals surface area contributed by atoms with E-state index in [9.17, 15) is 9.90 Å². The van der Waals surface area contributed by atoms with Gasteiger partial charge in [0.2, 0.25) is 0 Å². The van der Waals surface area contributed by atoms with Gasteiger partial charge in [-0.3, -0.25) is 4.79 Å². The van der Waals surface area contributed by atoms with E-state index in [0.717, 1.165) is 0 Å². The third-order valence-electron chi connectivity index (χ3n) is 2.20. The third kappa shape index (κ3) is 4.36. The number of benzene rings is 1. The van der Waals surface area contributed by atoms with Gasteiger partial charge in [-0.25, -0.2) is 15.4 Å². The van der Waals surface area contributed by atoms with Gasteiger partial charge >= 0.3 is 0 Å². The first-order valence-corrected chi connectivity index (χ1v) is 6.74. The highest BCUT2D eigenvalue weighted by Crippen LogP contribution is 2.12. The van der Waals surface area contributed by atoms with Crippen molar-refractivity contribution in [2.75, 3.05) is 5.75 Å². The van der Waals surface area contributed by atoms with Crippen molar-refractivity contribution in [3.63, 3.8) is 0 Å². The van der Waals surface area contributed by atoms with Crippen LogP contribution in [0.4, 0.5) is 0 Å². The summed E-state index contributed by atoms with van der Waals surface area (Å²) in [5, 5.41) is 13.8. The molecule has 0 bridgehead atoms. The van der Waals surface area contributed by atoms with Crippen molar-refractivity contribution in [1.82, 2.24) is 15.4 Å². The number of hydrogen-bond acceptors (Lipinski definition) is 6. The average Bonchev–Trinajstić information content (AvgIpc) is 2.48. The molecule has 7 heteroatoms. The molecule has 0 aliphatic rings. The number of hydrazone groups is 1. The minimum atomic E-state index is -0.269. The Morgan fingerprint density at radius 3 is 2.80 bits per heavy atom. The summed E-state index contributed by atoms with van der Waals surface area (Å²) in [6, 6.07) is 8.43. The lowest BCUT2D eigenvalue weighted by molar-refractivity contribution is -0.118. The summed E-state index contributed by atoms with van der Waals surface area (Å²) in [6.07, 6.45) is 4.62. The molecule has 0 saturated carbocycles. The third-order valence-corrected chi connectivity index (χ3v) is 3.08. The van der Waals surface area contributed by atoms with E-state index in [2.05, 4.69) is 20.5 Å². The maximum Gasteiger partial charge on any atom is 0.250 e. The molecule has 0 saturated heterocycles. The first-order valence-electron chi connectivity index (χ1n) is 5.75. The first kappa shape index (κ1) is 14.0. The van der Waals surface area contributed by atoms with E-state index < -0.39 is 0 Å². The highest BCUT2D eigenvalue weighted by atomic mass is 32.2. The van der Waals surface area contributed by atoms with Crippen LogP contribution in [0.25, 0.3) is 0 Å². The number of aromatic hydroxyl groups is 1. The zero-order chi connectivity index (χ0) is 14.2. The summed E-state index contributed by atoms with van der Waals surface area (Å²) < 4.78 is 0. The van der Waals surface area contributed by atoms with Gasteiger partial charge in [-0.2, -0.15) is 5.10 Å². The summed E-state index contributed by atoms with van der Waals surface area (Å²) in [7, 11) is 0. The molecule has 0 spiro atoms. The molecule has 1 heterocycles. The van der Waals surface area contributed by atoms with Gasteiger partial charge in [0.1, 0.15) is 5.75 Å². The molecule has 20 heavy (non-hydrogen) atoms. The van der Waals surface area contributed by atoms with Crippen LogP contribution in [0.3, 0.4) is 0 Å². The van der Waals surface area contributed by atoms with Gasteiger partial charge < -0.3 is 5.11 Å². The summed E-state index contributed by atoms with van der Waals surface area (Å²) in [6.45, 7) is 0.